The fourth-order valence-corrected chi connectivity index (χ4v) is 4.37. The van der Waals surface area contributed by atoms with Gasteiger partial charge in [0.05, 0.1) is 16.8 Å². The molecular weight excluding hydrogens is 389 g/mol. The molecule has 4 nitrogen and oxygen atoms in total. The van der Waals surface area contributed by atoms with Gasteiger partial charge in [0.1, 0.15) is 5.82 Å². The monoisotopic (exact) mass is 419 g/mol. The maximum Gasteiger partial charge on any atom is 0.252 e. The van der Waals surface area contributed by atoms with Crippen LogP contribution in [0.15, 0.2) is 48.5 Å². The highest BCUT2D eigenvalue weighted by Gasteiger charge is 2.18. The fourth-order valence-electron chi connectivity index (χ4n) is 4.37. The Hall–Kier alpha value is -2.79. The summed E-state index contributed by atoms with van der Waals surface area (Å²) in [5.74, 6) is -0.380. The van der Waals surface area contributed by atoms with Crippen molar-refractivity contribution in [1.29, 1.82) is 0 Å². The minimum atomic E-state index is -0.291. The predicted molar refractivity (Wildman–Crippen MR) is 124 cm³/mol. The first kappa shape index (κ1) is 21.4. The lowest BCUT2D eigenvalue weighted by Crippen LogP contribution is -2.39. The average molecular weight is 420 g/mol. The molecule has 0 saturated carbocycles. The quantitative estimate of drug-likeness (QED) is 0.548. The Morgan fingerprint density at radius 1 is 1.16 bits per heavy atom. The second-order valence-corrected chi connectivity index (χ2v) is 8.57. The third kappa shape index (κ3) is 5.10. The van der Waals surface area contributed by atoms with Crippen LogP contribution in [0.1, 0.15) is 48.5 Å². The van der Waals surface area contributed by atoms with Gasteiger partial charge in [0.2, 0.25) is 0 Å². The Labute approximate surface area is 183 Å². The third-order valence-electron chi connectivity index (χ3n) is 6.20. The summed E-state index contributed by atoms with van der Waals surface area (Å²) in [6, 6.07) is 14.6. The number of benzene rings is 2. The molecule has 1 aliphatic heterocycles. The Kier molecular flexibility index (Phi) is 6.62. The molecule has 1 atom stereocenters. The summed E-state index contributed by atoms with van der Waals surface area (Å²) in [5.41, 5.74) is 3.91. The standard InChI is InChI=1S/C26H30FN3O/c1-18-7-12-24-22(16-18)23(17-25(29-24)20-8-10-21(27)11-9-20)26(31)28-13-5-15-30-14-4-3-6-19(30)2/h7-12,16-17,19H,3-6,13-15H2,1-2H3,(H,28,31). The molecule has 0 radical (unpaired) electrons. The number of hydrogen-bond acceptors (Lipinski definition) is 3. The molecule has 1 aromatic heterocycles. The molecule has 2 aromatic carbocycles. The number of hydrogen-bond donors (Lipinski definition) is 1. The van der Waals surface area contributed by atoms with Gasteiger partial charge in [0.25, 0.3) is 5.91 Å². The van der Waals surface area contributed by atoms with Gasteiger partial charge in [0.15, 0.2) is 0 Å². The molecule has 5 heteroatoms. The SMILES string of the molecule is Cc1ccc2nc(-c3ccc(F)cc3)cc(C(=O)NCCCN3CCCCC3C)c2c1. The Morgan fingerprint density at radius 2 is 1.97 bits per heavy atom. The van der Waals surface area contributed by atoms with Gasteiger partial charge in [-0.3, -0.25) is 4.79 Å². The molecule has 0 aliphatic carbocycles. The van der Waals surface area contributed by atoms with Crippen molar-refractivity contribution in [3.63, 3.8) is 0 Å². The normalized spacial score (nSPS) is 17.1. The first-order valence-corrected chi connectivity index (χ1v) is 11.2. The van der Waals surface area contributed by atoms with Crippen LogP contribution in [0.2, 0.25) is 0 Å². The van der Waals surface area contributed by atoms with Crippen LogP contribution in [0.5, 0.6) is 0 Å². The van der Waals surface area contributed by atoms with E-state index in [0.29, 0.717) is 23.8 Å². The van der Waals surface area contributed by atoms with Crippen molar-refractivity contribution in [3.05, 3.63) is 65.5 Å². The fraction of sp³-hybridized carbons (Fsp3) is 0.385. The number of aryl methyl sites for hydroxylation is 1. The molecule has 1 amide bonds. The van der Waals surface area contributed by atoms with E-state index < -0.39 is 0 Å². The number of carbonyl (C=O) groups is 1. The largest absolute Gasteiger partial charge is 0.352 e. The summed E-state index contributed by atoms with van der Waals surface area (Å²) < 4.78 is 13.4. The van der Waals surface area contributed by atoms with Crippen LogP contribution in [-0.2, 0) is 0 Å². The van der Waals surface area contributed by atoms with E-state index in [1.807, 2.05) is 31.2 Å². The lowest BCUT2D eigenvalue weighted by atomic mass is 10.0. The highest BCUT2D eigenvalue weighted by atomic mass is 19.1. The summed E-state index contributed by atoms with van der Waals surface area (Å²) >= 11 is 0. The van der Waals surface area contributed by atoms with E-state index in [1.165, 1.54) is 31.4 Å². The van der Waals surface area contributed by atoms with Crippen molar-refractivity contribution in [2.24, 2.45) is 0 Å². The number of nitrogens with zero attached hydrogens (tertiary/aromatic N) is 2. The first-order valence-electron chi connectivity index (χ1n) is 11.2. The summed E-state index contributed by atoms with van der Waals surface area (Å²) in [4.78, 5) is 20.3. The first-order chi connectivity index (χ1) is 15.0. The minimum Gasteiger partial charge on any atom is -0.352 e. The van der Waals surface area contributed by atoms with E-state index >= 15 is 0 Å². The van der Waals surface area contributed by atoms with Crippen molar-refractivity contribution in [1.82, 2.24) is 15.2 Å². The third-order valence-corrected chi connectivity index (χ3v) is 6.20. The summed E-state index contributed by atoms with van der Waals surface area (Å²) in [5, 5.41) is 3.94. The molecule has 3 aromatic rings. The van der Waals surface area contributed by atoms with Crippen molar-refractivity contribution < 1.29 is 9.18 Å². The molecule has 1 unspecified atom stereocenters. The number of amides is 1. The average Bonchev–Trinajstić information content (AvgIpc) is 2.77. The maximum absolute atomic E-state index is 13.4. The molecule has 1 aliphatic rings. The smallest absolute Gasteiger partial charge is 0.252 e. The molecule has 0 bridgehead atoms. The number of halogens is 1. The Morgan fingerprint density at radius 3 is 2.74 bits per heavy atom. The van der Waals surface area contributed by atoms with Crippen LogP contribution in [0, 0.1) is 12.7 Å². The highest BCUT2D eigenvalue weighted by molar-refractivity contribution is 6.07. The zero-order chi connectivity index (χ0) is 21.8. The van der Waals surface area contributed by atoms with Crippen LogP contribution in [-0.4, -0.2) is 41.5 Å². The second-order valence-electron chi connectivity index (χ2n) is 8.57. The molecule has 1 N–H and O–H groups in total. The van der Waals surface area contributed by atoms with E-state index in [-0.39, 0.29) is 11.7 Å². The van der Waals surface area contributed by atoms with Crippen molar-refractivity contribution in [3.8, 4) is 11.3 Å². The zero-order valence-corrected chi connectivity index (χ0v) is 18.3. The van der Waals surface area contributed by atoms with Gasteiger partial charge >= 0.3 is 0 Å². The van der Waals surface area contributed by atoms with E-state index in [0.717, 1.165) is 41.5 Å². The van der Waals surface area contributed by atoms with E-state index in [4.69, 9.17) is 4.98 Å². The number of carbonyl (C=O) groups excluding carboxylic acids is 1. The van der Waals surface area contributed by atoms with Crippen molar-refractivity contribution >= 4 is 16.8 Å². The maximum atomic E-state index is 13.4. The predicted octanol–water partition coefficient (Wildman–Crippen LogP) is 5.34. The number of piperidine rings is 1. The van der Waals surface area contributed by atoms with Gasteiger partial charge in [-0.15, -0.1) is 0 Å². The van der Waals surface area contributed by atoms with E-state index in [2.05, 4.69) is 17.1 Å². The van der Waals surface area contributed by atoms with Crippen LogP contribution >= 0.6 is 0 Å². The van der Waals surface area contributed by atoms with Gasteiger partial charge in [-0.1, -0.05) is 18.1 Å². The highest BCUT2D eigenvalue weighted by Crippen LogP contribution is 2.26. The lowest BCUT2D eigenvalue weighted by Gasteiger charge is -2.33. The van der Waals surface area contributed by atoms with E-state index in [9.17, 15) is 9.18 Å². The number of fused-ring (bicyclic) bond motifs is 1. The van der Waals surface area contributed by atoms with Gasteiger partial charge in [-0.2, -0.15) is 0 Å². The van der Waals surface area contributed by atoms with Crippen molar-refractivity contribution in [2.75, 3.05) is 19.6 Å². The van der Waals surface area contributed by atoms with Crippen molar-refractivity contribution in [2.45, 2.75) is 45.6 Å². The molecule has 2 heterocycles. The van der Waals surface area contributed by atoms with Crippen LogP contribution in [0.25, 0.3) is 22.2 Å². The van der Waals surface area contributed by atoms with Crippen LogP contribution in [0.3, 0.4) is 0 Å². The van der Waals surface area contributed by atoms with Crippen LogP contribution in [0.4, 0.5) is 4.39 Å². The molecule has 31 heavy (non-hydrogen) atoms. The molecular formula is C26H30FN3O. The number of likely N-dealkylation sites (tertiary alicyclic amines) is 1. The molecule has 4 rings (SSSR count). The Balaban J connectivity index is 1.52. The zero-order valence-electron chi connectivity index (χ0n) is 18.3. The molecule has 1 saturated heterocycles. The summed E-state index contributed by atoms with van der Waals surface area (Å²) in [6.07, 6.45) is 4.79. The van der Waals surface area contributed by atoms with Gasteiger partial charge in [-0.05, 0) is 82.1 Å². The summed E-state index contributed by atoms with van der Waals surface area (Å²) in [6.45, 7) is 7.11. The topological polar surface area (TPSA) is 45.2 Å². The molecule has 162 valence electrons. The number of rotatable bonds is 6. The molecule has 0 spiro atoms. The number of aromatic nitrogens is 1. The number of nitrogens with one attached hydrogen (secondary N) is 1. The molecule has 1 fully saturated rings. The van der Waals surface area contributed by atoms with Gasteiger partial charge in [0, 0.05) is 30.1 Å². The summed E-state index contributed by atoms with van der Waals surface area (Å²) in [7, 11) is 0. The van der Waals surface area contributed by atoms with Crippen LogP contribution < -0.4 is 5.32 Å². The number of pyridine rings is 1. The van der Waals surface area contributed by atoms with E-state index in [1.54, 1.807) is 12.1 Å². The van der Waals surface area contributed by atoms with Gasteiger partial charge < -0.3 is 10.2 Å². The second kappa shape index (κ2) is 9.56. The Bertz CT molecular complexity index is 1060. The lowest BCUT2D eigenvalue weighted by molar-refractivity contribution is 0.0950. The van der Waals surface area contributed by atoms with Gasteiger partial charge in [-0.25, -0.2) is 9.37 Å². The minimum absolute atomic E-state index is 0.0898.